The Labute approximate surface area is 130 Å². The Morgan fingerprint density at radius 1 is 1.23 bits per heavy atom. The van der Waals surface area contributed by atoms with Crippen LogP contribution in [0.1, 0.15) is 35.2 Å². The largest absolute Gasteiger partial charge is 0.384 e. The summed E-state index contributed by atoms with van der Waals surface area (Å²) >= 11 is 0. The molecule has 0 saturated heterocycles. The third-order valence-corrected chi connectivity index (χ3v) is 4.43. The van der Waals surface area contributed by atoms with Crippen molar-refractivity contribution in [3.63, 3.8) is 0 Å². The van der Waals surface area contributed by atoms with Gasteiger partial charge in [-0.25, -0.2) is 0 Å². The molecule has 1 heterocycles. The van der Waals surface area contributed by atoms with Crippen molar-refractivity contribution in [3.05, 3.63) is 41.5 Å². The minimum atomic E-state index is -0.358. The zero-order valence-corrected chi connectivity index (χ0v) is 12.5. The second kappa shape index (κ2) is 6.22. The number of primary amides is 1. The maximum atomic E-state index is 12.6. The van der Waals surface area contributed by atoms with E-state index < -0.39 is 0 Å². The first kappa shape index (κ1) is 14.6. The molecule has 2 atom stereocenters. The van der Waals surface area contributed by atoms with Crippen LogP contribution in [-0.2, 0) is 11.2 Å². The first-order valence-electron chi connectivity index (χ1n) is 7.78. The second-order valence-corrected chi connectivity index (χ2v) is 5.90. The summed E-state index contributed by atoms with van der Waals surface area (Å²) in [6, 6.07) is 5.56. The summed E-state index contributed by atoms with van der Waals surface area (Å²) in [5.74, 6) is -0.831. The van der Waals surface area contributed by atoms with Gasteiger partial charge in [-0.15, -0.1) is 0 Å². The van der Waals surface area contributed by atoms with E-state index in [1.54, 1.807) is 0 Å². The lowest BCUT2D eigenvalue weighted by atomic mass is 9.88. The van der Waals surface area contributed by atoms with Crippen LogP contribution < -0.4 is 16.4 Å². The van der Waals surface area contributed by atoms with Crippen LogP contribution in [0.15, 0.2) is 30.4 Å². The smallest absolute Gasteiger partial charge is 0.253 e. The predicted molar refractivity (Wildman–Crippen MR) is 85.6 cm³/mol. The number of benzene rings is 1. The average Bonchev–Trinajstić information content (AvgIpc) is 2.54. The normalized spacial score (nSPS) is 23.3. The number of fused-ring (bicyclic) bond motifs is 1. The van der Waals surface area contributed by atoms with E-state index in [9.17, 15) is 9.59 Å². The molecule has 3 rings (SSSR count). The van der Waals surface area contributed by atoms with Crippen LogP contribution in [0.4, 0.5) is 5.69 Å². The molecule has 1 aliphatic heterocycles. The highest BCUT2D eigenvalue weighted by atomic mass is 16.2. The van der Waals surface area contributed by atoms with Gasteiger partial charge in [0.25, 0.3) is 5.91 Å². The zero-order chi connectivity index (χ0) is 15.5. The van der Waals surface area contributed by atoms with E-state index in [0.717, 1.165) is 25.1 Å². The van der Waals surface area contributed by atoms with Gasteiger partial charge in [-0.3, -0.25) is 9.59 Å². The fourth-order valence-electron chi connectivity index (χ4n) is 3.23. The SMILES string of the molecule is NC(=O)[C@@H]1CC=CC[C@H]1NC(=O)c1cccc2c1NCCC2. The molecular weight excluding hydrogens is 278 g/mol. The molecule has 0 aromatic heterocycles. The highest BCUT2D eigenvalue weighted by Crippen LogP contribution is 2.27. The number of allylic oxidation sites excluding steroid dienone is 1. The van der Waals surface area contributed by atoms with Crippen LogP contribution in [0.3, 0.4) is 0 Å². The van der Waals surface area contributed by atoms with Gasteiger partial charge in [0.2, 0.25) is 5.91 Å². The molecule has 0 saturated carbocycles. The maximum Gasteiger partial charge on any atom is 0.253 e. The van der Waals surface area contributed by atoms with Gasteiger partial charge < -0.3 is 16.4 Å². The van der Waals surface area contributed by atoms with Crippen LogP contribution >= 0.6 is 0 Å². The third-order valence-electron chi connectivity index (χ3n) is 4.43. The van der Waals surface area contributed by atoms with Crippen molar-refractivity contribution in [1.82, 2.24) is 5.32 Å². The summed E-state index contributed by atoms with van der Waals surface area (Å²) in [7, 11) is 0. The number of amides is 2. The van der Waals surface area contributed by atoms with Gasteiger partial charge in [0, 0.05) is 12.6 Å². The van der Waals surface area contributed by atoms with Crippen molar-refractivity contribution in [3.8, 4) is 0 Å². The van der Waals surface area contributed by atoms with E-state index in [1.807, 2.05) is 30.4 Å². The van der Waals surface area contributed by atoms with Crippen LogP contribution in [0.25, 0.3) is 0 Å². The molecule has 0 bridgehead atoms. The summed E-state index contributed by atoms with van der Waals surface area (Å²) in [4.78, 5) is 24.2. The fraction of sp³-hybridized carbons (Fsp3) is 0.412. The average molecular weight is 299 g/mol. The lowest BCUT2D eigenvalue weighted by Crippen LogP contribution is -2.46. The quantitative estimate of drug-likeness (QED) is 0.741. The van der Waals surface area contributed by atoms with E-state index in [2.05, 4.69) is 10.6 Å². The van der Waals surface area contributed by atoms with E-state index in [4.69, 9.17) is 5.73 Å². The number of rotatable bonds is 3. The molecule has 5 heteroatoms. The second-order valence-electron chi connectivity index (χ2n) is 5.90. The highest BCUT2D eigenvalue weighted by Gasteiger charge is 2.29. The maximum absolute atomic E-state index is 12.6. The van der Waals surface area contributed by atoms with Crippen LogP contribution in [-0.4, -0.2) is 24.4 Å². The van der Waals surface area contributed by atoms with Gasteiger partial charge >= 0.3 is 0 Å². The molecule has 1 aromatic rings. The monoisotopic (exact) mass is 299 g/mol. The highest BCUT2D eigenvalue weighted by molar-refractivity contribution is 6.01. The molecular formula is C17H21N3O2. The number of anilines is 1. The molecule has 0 unspecified atom stereocenters. The van der Waals surface area contributed by atoms with Gasteiger partial charge in [-0.1, -0.05) is 24.3 Å². The summed E-state index contributed by atoms with van der Waals surface area (Å²) in [5.41, 5.74) is 8.19. The number of para-hydroxylation sites is 1. The number of carbonyl (C=O) groups is 2. The topological polar surface area (TPSA) is 84.2 Å². The van der Waals surface area contributed by atoms with Crippen LogP contribution in [0.5, 0.6) is 0 Å². The van der Waals surface area contributed by atoms with Crippen LogP contribution in [0.2, 0.25) is 0 Å². The van der Waals surface area contributed by atoms with E-state index in [1.165, 1.54) is 5.56 Å². The molecule has 0 spiro atoms. The molecule has 2 amide bonds. The Bertz CT molecular complexity index is 624. The Hall–Kier alpha value is -2.30. The number of aryl methyl sites for hydroxylation is 1. The van der Waals surface area contributed by atoms with E-state index in [-0.39, 0.29) is 23.8 Å². The molecule has 4 N–H and O–H groups in total. The summed E-state index contributed by atoms with van der Waals surface area (Å²) < 4.78 is 0. The molecule has 0 fully saturated rings. The lowest BCUT2D eigenvalue weighted by molar-refractivity contribution is -0.122. The molecule has 0 radical (unpaired) electrons. The fourth-order valence-corrected chi connectivity index (χ4v) is 3.23. The Morgan fingerprint density at radius 2 is 2.05 bits per heavy atom. The number of carbonyl (C=O) groups excluding carboxylic acids is 2. The number of hydrogen-bond donors (Lipinski definition) is 3. The minimum Gasteiger partial charge on any atom is -0.384 e. The molecule has 1 aliphatic carbocycles. The number of nitrogens with one attached hydrogen (secondary N) is 2. The minimum absolute atomic E-state index is 0.141. The van der Waals surface area contributed by atoms with Crippen molar-refractivity contribution < 1.29 is 9.59 Å². The molecule has 1 aromatic carbocycles. The van der Waals surface area contributed by atoms with E-state index in [0.29, 0.717) is 18.4 Å². The first-order chi connectivity index (χ1) is 10.7. The van der Waals surface area contributed by atoms with Crippen molar-refractivity contribution in [2.75, 3.05) is 11.9 Å². The summed E-state index contributed by atoms with van der Waals surface area (Å²) in [6.07, 6.45) is 7.23. The van der Waals surface area contributed by atoms with Crippen molar-refractivity contribution >= 4 is 17.5 Å². The number of hydrogen-bond acceptors (Lipinski definition) is 3. The van der Waals surface area contributed by atoms with Crippen molar-refractivity contribution in [1.29, 1.82) is 0 Å². The Kier molecular flexibility index (Phi) is 4.13. The lowest BCUT2D eigenvalue weighted by Gasteiger charge is -2.28. The van der Waals surface area contributed by atoms with Gasteiger partial charge in [-0.2, -0.15) is 0 Å². The predicted octanol–water partition coefficient (Wildman–Crippen LogP) is 1.59. The zero-order valence-electron chi connectivity index (χ0n) is 12.5. The van der Waals surface area contributed by atoms with Gasteiger partial charge in [0.1, 0.15) is 0 Å². The van der Waals surface area contributed by atoms with Crippen molar-refractivity contribution in [2.45, 2.75) is 31.7 Å². The molecule has 22 heavy (non-hydrogen) atoms. The molecule has 116 valence electrons. The summed E-state index contributed by atoms with van der Waals surface area (Å²) in [5, 5.41) is 6.30. The van der Waals surface area contributed by atoms with Gasteiger partial charge in [-0.05, 0) is 37.3 Å². The molecule has 5 nitrogen and oxygen atoms in total. The van der Waals surface area contributed by atoms with Crippen molar-refractivity contribution in [2.24, 2.45) is 11.7 Å². The Balaban J connectivity index is 1.80. The molecule has 2 aliphatic rings. The first-order valence-corrected chi connectivity index (χ1v) is 7.78. The van der Waals surface area contributed by atoms with Gasteiger partial charge in [0.05, 0.1) is 17.2 Å². The van der Waals surface area contributed by atoms with Crippen LogP contribution in [0, 0.1) is 5.92 Å². The Morgan fingerprint density at radius 3 is 2.86 bits per heavy atom. The summed E-state index contributed by atoms with van der Waals surface area (Å²) in [6.45, 7) is 0.882. The third kappa shape index (κ3) is 2.84. The van der Waals surface area contributed by atoms with E-state index >= 15 is 0 Å². The van der Waals surface area contributed by atoms with Gasteiger partial charge in [0.15, 0.2) is 0 Å². The number of nitrogens with two attached hydrogens (primary N) is 1. The standard InChI is InChI=1S/C17H21N3O2/c18-16(21)12-7-1-2-9-14(12)20-17(22)13-8-3-5-11-6-4-10-19-15(11)13/h1-3,5,8,12,14,19H,4,6-7,9-10H2,(H2,18,21)(H,20,22)/t12-,14-/m1/s1.